The molecular weight excluding hydrogens is 350 g/mol. The van der Waals surface area contributed by atoms with E-state index in [2.05, 4.69) is 24.9 Å². The second-order valence-corrected chi connectivity index (χ2v) is 8.23. The molecule has 0 saturated carbocycles. The first-order valence-corrected chi connectivity index (χ1v) is 10.5. The summed E-state index contributed by atoms with van der Waals surface area (Å²) in [5.41, 5.74) is 0.773. The molecular formula is C18H25N5O2S. The number of benzene rings is 1. The summed E-state index contributed by atoms with van der Waals surface area (Å²) in [5.74, 6) is 2.35. The number of aromatic nitrogens is 2. The van der Waals surface area contributed by atoms with Crippen molar-refractivity contribution in [3.05, 3.63) is 47.8 Å². The Morgan fingerprint density at radius 1 is 1.08 bits per heavy atom. The van der Waals surface area contributed by atoms with Crippen LogP contribution in [-0.2, 0) is 15.8 Å². The van der Waals surface area contributed by atoms with E-state index in [1.807, 2.05) is 31.2 Å². The summed E-state index contributed by atoms with van der Waals surface area (Å²) >= 11 is 0. The third-order valence-corrected chi connectivity index (χ3v) is 5.56. The largest absolute Gasteiger partial charge is 0.369 e. The fourth-order valence-electron chi connectivity index (χ4n) is 2.99. The molecule has 2 N–H and O–H groups in total. The van der Waals surface area contributed by atoms with Gasteiger partial charge in [-0.2, -0.15) is 0 Å². The molecule has 1 aromatic heterocycles. The van der Waals surface area contributed by atoms with Crippen molar-refractivity contribution in [2.75, 3.05) is 36.4 Å². The molecule has 0 amide bonds. The maximum atomic E-state index is 12.1. The summed E-state index contributed by atoms with van der Waals surface area (Å²) < 4.78 is 26.9. The summed E-state index contributed by atoms with van der Waals surface area (Å²) in [6.07, 6.45) is 2.38. The van der Waals surface area contributed by atoms with Crippen molar-refractivity contribution < 1.29 is 8.42 Å². The Hall–Kier alpha value is -2.19. The normalized spacial score (nSPS) is 14.6. The van der Waals surface area contributed by atoms with Crippen LogP contribution in [0.2, 0.25) is 0 Å². The first-order valence-electron chi connectivity index (χ1n) is 8.88. The smallest absolute Gasteiger partial charge is 0.215 e. The fourth-order valence-corrected chi connectivity index (χ4v) is 4.14. The summed E-state index contributed by atoms with van der Waals surface area (Å²) in [5, 5.41) is 3.18. The second-order valence-electron chi connectivity index (χ2n) is 6.42. The lowest BCUT2D eigenvalue weighted by Crippen LogP contribution is -2.30. The van der Waals surface area contributed by atoms with Gasteiger partial charge in [-0.15, -0.1) is 0 Å². The number of anilines is 2. The van der Waals surface area contributed by atoms with E-state index in [0.717, 1.165) is 30.3 Å². The zero-order chi connectivity index (χ0) is 18.4. The van der Waals surface area contributed by atoms with Gasteiger partial charge in [0.25, 0.3) is 0 Å². The van der Waals surface area contributed by atoms with Crippen LogP contribution < -0.4 is 14.9 Å². The van der Waals surface area contributed by atoms with Gasteiger partial charge in [-0.1, -0.05) is 30.3 Å². The molecule has 0 bridgehead atoms. The predicted molar refractivity (Wildman–Crippen MR) is 104 cm³/mol. The lowest BCUT2D eigenvalue weighted by Gasteiger charge is -2.17. The Morgan fingerprint density at radius 2 is 1.81 bits per heavy atom. The molecule has 2 aromatic rings. The van der Waals surface area contributed by atoms with Gasteiger partial charge in [-0.3, -0.25) is 0 Å². The average molecular weight is 375 g/mol. The third kappa shape index (κ3) is 5.40. The van der Waals surface area contributed by atoms with E-state index in [0.29, 0.717) is 18.9 Å². The van der Waals surface area contributed by atoms with Gasteiger partial charge in [0, 0.05) is 32.2 Å². The Labute approximate surface area is 154 Å². The van der Waals surface area contributed by atoms with Crippen molar-refractivity contribution in [2.45, 2.75) is 25.5 Å². The first kappa shape index (κ1) is 18.6. The van der Waals surface area contributed by atoms with Crippen molar-refractivity contribution in [3.8, 4) is 0 Å². The molecule has 0 unspecified atom stereocenters. The van der Waals surface area contributed by atoms with Crippen molar-refractivity contribution in [1.29, 1.82) is 0 Å². The van der Waals surface area contributed by atoms with Gasteiger partial charge in [0.05, 0.1) is 5.75 Å². The molecule has 1 aromatic carbocycles. The van der Waals surface area contributed by atoms with Gasteiger partial charge in [-0.05, 0) is 25.3 Å². The maximum Gasteiger partial charge on any atom is 0.215 e. The van der Waals surface area contributed by atoms with Gasteiger partial charge >= 0.3 is 0 Å². The van der Waals surface area contributed by atoms with E-state index in [9.17, 15) is 8.42 Å². The minimum atomic E-state index is -3.35. The number of hydrogen-bond acceptors (Lipinski definition) is 6. The molecule has 0 radical (unpaired) electrons. The quantitative estimate of drug-likeness (QED) is 0.686. The molecule has 26 heavy (non-hydrogen) atoms. The molecule has 1 aliphatic rings. The minimum Gasteiger partial charge on any atom is -0.369 e. The molecule has 1 aliphatic heterocycles. The van der Waals surface area contributed by atoms with Crippen LogP contribution in [0.5, 0.6) is 0 Å². The number of sulfonamides is 1. The molecule has 0 aliphatic carbocycles. The van der Waals surface area contributed by atoms with Crippen LogP contribution in [0.15, 0.2) is 36.4 Å². The summed E-state index contributed by atoms with van der Waals surface area (Å²) in [7, 11) is -3.35. The van der Waals surface area contributed by atoms with Crippen LogP contribution in [0.1, 0.15) is 24.2 Å². The molecule has 7 nitrogen and oxygen atoms in total. The molecule has 0 spiro atoms. The molecule has 3 rings (SSSR count). The molecule has 140 valence electrons. The van der Waals surface area contributed by atoms with Gasteiger partial charge in [-0.25, -0.2) is 23.1 Å². The summed E-state index contributed by atoms with van der Waals surface area (Å²) in [6, 6.07) is 11.1. The SMILES string of the molecule is Cc1nc(NCCNS(=O)(=O)Cc2ccccc2)cc(N2CCCC2)n1. The summed E-state index contributed by atoms with van der Waals surface area (Å²) in [6.45, 7) is 4.68. The number of hydrogen-bond donors (Lipinski definition) is 2. The first-order chi connectivity index (χ1) is 12.5. The highest BCUT2D eigenvalue weighted by molar-refractivity contribution is 7.88. The van der Waals surface area contributed by atoms with Crippen molar-refractivity contribution in [2.24, 2.45) is 0 Å². The van der Waals surface area contributed by atoms with Crippen LogP contribution in [0, 0.1) is 6.92 Å². The topological polar surface area (TPSA) is 87.2 Å². The highest BCUT2D eigenvalue weighted by Gasteiger charge is 2.15. The van der Waals surface area contributed by atoms with Crippen LogP contribution in [0.4, 0.5) is 11.6 Å². The second kappa shape index (κ2) is 8.46. The van der Waals surface area contributed by atoms with Gasteiger partial charge in [0.15, 0.2) is 0 Å². The minimum absolute atomic E-state index is 0.0143. The number of aryl methyl sites for hydroxylation is 1. The highest BCUT2D eigenvalue weighted by Crippen LogP contribution is 2.20. The van der Waals surface area contributed by atoms with Crippen molar-refractivity contribution in [1.82, 2.24) is 14.7 Å². The van der Waals surface area contributed by atoms with Gasteiger partial charge in [0.2, 0.25) is 10.0 Å². The zero-order valence-corrected chi connectivity index (χ0v) is 15.8. The van der Waals surface area contributed by atoms with E-state index >= 15 is 0 Å². The van der Waals surface area contributed by atoms with E-state index in [4.69, 9.17) is 0 Å². The fraction of sp³-hybridized carbons (Fsp3) is 0.444. The Balaban J connectivity index is 1.50. The van der Waals surface area contributed by atoms with E-state index in [-0.39, 0.29) is 5.75 Å². The van der Waals surface area contributed by atoms with E-state index < -0.39 is 10.0 Å². The third-order valence-electron chi connectivity index (χ3n) is 4.21. The monoisotopic (exact) mass is 375 g/mol. The standard InChI is InChI=1S/C18H25N5O2S/c1-15-21-17(13-18(22-15)23-11-5-6-12-23)19-9-10-20-26(24,25)14-16-7-3-2-4-8-16/h2-4,7-8,13,20H,5-6,9-12,14H2,1H3,(H,19,21,22). The number of rotatable bonds is 8. The van der Waals surface area contributed by atoms with Crippen LogP contribution >= 0.6 is 0 Å². The molecule has 8 heteroatoms. The molecule has 1 fully saturated rings. The predicted octanol–water partition coefficient (Wildman–Crippen LogP) is 1.92. The van der Waals surface area contributed by atoms with Gasteiger partial charge < -0.3 is 10.2 Å². The lowest BCUT2D eigenvalue weighted by atomic mass is 10.2. The Morgan fingerprint density at radius 3 is 2.54 bits per heavy atom. The Kier molecular flexibility index (Phi) is 6.05. The number of nitrogens with one attached hydrogen (secondary N) is 2. The summed E-state index contributed by atoms with van der Waals surface area (Å²) in [4.78, 5) is 11.1. The van der Waals surface area contributed by atoms with Crippen molar-refractivity contribution >= 4 is 21.7 Å². The molecule has 1 saturated heterocycles. The molecule has 0 atom stereocenters. The van der Waals surface area contributed by atoms with Crippen LogP contribution in [0.3, 0.4) is 0 Å². The van der Waals surface area contributed by atoms with E-state index in [1.165, 1.54) is 12.8 Å². The lowest BCUT2D eigenvalue weighted by molar-refractivity contribution is 0.582. The average Bonchev–Trinajstić information content (AvgIpc) is 3.13. The maximum absolute atomic E-state index is 12.1. The molecule has 2 heterocycles. The Bertz CT molecular complexity index is 821. The number of nitrogens with zero attached hydrogens (tertiary/aromatic N) is 3. The van der Waals surface area contributed by atoms with Crippen LogP contribution in [-0.4, -0.2) is 44.6 Å². The van der Waals surface area contributed by atoms with Gasteiger partial charge in [0.1, 0.15) is 17.5 Å². The zero-order valence-electron chi connectivity index (χ0n) is 15.0. The van der Waals surface area contributed by atoms with E-state index in [1.54, 1.807) is 12.1 Å². The van der Waals surface area contributed by atoms with Crippen LogP contribution in [0.25, 0.3) is 0 Å². The van der Waals surface area contributed by atoms with Crippen molar-refractivity contribution in [3.63, 3.8) is 0 Å². The highest BCUT2D eigenvalue weighted by atomic mass is 32.2.